The summed E-state index contributed by atoms with van der Waals surface area (Å²) in [5.74, 6) is 0.590. The summed E-state index contributed by atoms with van der Waals surface area (Å²) in [6.07, 6.45) is 1.13. The minimum absolute atomic E-state index is 0.0434. The highest BCUT2D eigenvalue weighted by atomic mass is 16.6. The van der Waals surface area contributed by atoms with E-state index in [9.17, 15) is 10.1 Å². The summed E-state index contributed by atoms with van der Waals surface area (Å²) in [7, 11) is 0. The first-order chi connectivity index (χ1) is 7.63. The average Bonchev–Trinajstić information content (AvgIpc) is 2.30. The van der Waals surface area contributed by atoms with Gasteiger partial charge in [-0.25, -0.2) is 4.98 Å². The van der Waals surface area contributed by atoms with Gasteiger partial charge in [-0.1, -0.05) is 0 Å². The van der Waals surface area contributed by atoms with Gasteiger partial charge in [-0.15, -0.1) is 0 Å². The Bertz CT molecular complexity index is 435. The van der Waals surface area contributed by atoms with Crippen LogP contribution in [-0.2, 0) is 0 Å². The number of pyridine rings is 1. The van der Waals surface area contributed by atoms with Gasteiger partial charge in [0.05, 0.1) is 4.92 Å². The van der Waals surface area contributed by atoms with Crippen LogP contribution in [0.4, 0.5) is 11.5 Å². The van der Waals surface area contributed by atoms with Crippen molar-refractivity contribution in [3.05, 3.63) is 27.9 Å². The average molecular weight is 220 g/mol. The Morgan fingerprint density at radius 2 is 2.19 bits per heavy atom. The smallest absolute Gasteiger partial charge is 0.305 e. The number of nitro groups is 1. The predicted octanol–water partition coefficient (Wildman–Crippen LogP) is 1.71. The number of rotatable bonds is 4. The van der Waals surface area contributed by atoms with Crippen LogP contribution in [0.25, 0.3) is 0 Å². The van der Waals surface area contributed by atoms with Crippen molar-refractivity contribution in [3.63, 3.8) is 0 Å². The van der Waals surface area contributed by atoms with Crippen LogP contribution in [0.3, 0.4) is 0 Å². The molecule has 0 bridgehead atoms. The molecule has 0 aliphatic carbocycles. The Balaban J connectivity index is 3.19. The third-order valence-electron chi connectivity index (χ3n) is 2.27. The minimum Gasteiger partial charge on any atom is -0.357 e. The van der Waals surface area contributed by atoms with E-state index in [1.165, 1.54) is 6.07 Å². The standard InChI is InChI=1S/C10H12N4O2/c1-3-13(4-2)10-5-8(6-11)9(7-12-10)14(15)16/h5,7H,3-4H2,1-2H3. The quantitative estimate of drug-likeness (QED) is 0.569. The SMILES string of the molecule is CCN(CC)c1cc(C#N)c([N+](=O)[O-])cn1. The van der Waals surface area contributed by atoms with E-state index in [2.05, 4.69) is 4.98 Å². The van der Waals surface area contributed by atoms with E-state index in [1.54, 1.807) is 0 Å². The molecule has 6 heteroatoms. The van der Waals surface area contributed by atoms with E-state index >= 15 is 0 Å². The summed E-state index contributed by atoms with van der Waals surface area (Å²) >= 11 is 0. The van der Waals surface area contributed by atoms with Crippen LogP contribution in [0.2, 0.25) is 0 Å². The topological polar surface area (TPSA) is 83.1 Å². The zero-order valence-electron chi connectivity index (χ0n) is 9.17. The van der Waals surface area contributed by atoms with Crippen molar-refractivity contribution < 1.29 is 4.92 Å². The fourth-order valence-electron chi connectivity index (χ4n) is 1.39. The van der Waals surface area contributed by atoms with Crippen molar-refractivity contribution in [3.8, 4) is 6.07 Å². The van der Waals surface area contributed by atoms with E-state index in [1.807, 2.05) is 24.8 Å². The molecule has 6 nitrogen and oxygen atoms in total. The van der Waals surface area contributed by atoms with E-state index in [0.29, 0.717) is 5.82 Å². The first-order valence-electron chi connectivity index (χ1n) is 4.93. The summed E-state index contributed by atoms with van der Waals surface area (Å²) in [5, 5.41) is 19.4. The molecular formula is C10H12N4O2. The molecule has 0 saturated heterocycles. The van der Waals surface area contributed by atoms with Gasteiger partial charge in [0.25, 0.3) is 0 Å². The number of anilines is 1. The van der Waals surface area contributed by atoms with Gasteiger partial charge in [0.1, 0.15) is 23.6 Å². The summed E-state index contributed by atoms with van der Waals surface area (Å²) < 4.78 is 0. The summed E-state index contributed by atoms with van der Waals surface area (Å²) in [6.45, 7) is 5.40. The van der Waals surface area contributed by atoms with E-state index in [-0.39, 0.29) is 11.3 Å². The van der Waals surface area contributed by atoms with Gasteiger partial charge in [-0.05, 0) is 13.8 Å². The molecule has 0 saturated carbocycles. The Morgan fingerprint density at radius 1 is 1.56 bits per heavy atom. The van der Waals surface area contributed by atoms with Crippen LogP contribution in [0.1, 0.15) is 19.4 Å². The molecule has 1 rings (SSSR count). The Kier molecular flexibility index (Phi) is 3.78. The number of aromatic nitrogens is 1. The molecule has 16 heavy (non-hydrogen) atoms. The highest BCUT2D eigenvalue weighted by Crippen LogP contribution is 2.21. The van der Waals surface area contributed by atoms with Crippen LogP contribution in [0, 0.1) is 21.4 Å². The number of nitriles is 1. The molecule has 84 valence electrons. The Labute approximate surface area is 93.3 Å². The zero-order chi connectivity index (χ0) is 12.1. The molecule has 0 unspecified atom stereocenters. The monoisotopic (exact) mass is 220 g/mol. The van der Waals surface area contributed by atoms with Gasteiger partial charge >= 0.3 is 5.69 Å². The summed E-state index contributed by atoms with van der Waals surface area (Å²) in [5.41, 5.74) is -0.208. The maximum Gasteiger partial charge on any atom is 0.305 e. The van der Waals surface area contributed by atoms with Crippen LogP contribution in [0.5, 0.6) is 0 Å². The second-order valence-electron chi connectivity index (χ2n) is 3.10. The third kappa shape index (κ3) is 2.25. The lowest BCUT2D eigenvalue weighted by Crippen LogP contribution is -2.23. The molecule has 0 radical (unpaired) electrons. The van der Waals surface area contributed by atoms with Crippen LogP contribution in [0.15, 0.2) is 12.3 Å². The molecular weight excluding hydrogens is 208 g/mol. The second kappa shape index (κ2) is 5.07. The molecule has 1 aromatic rings. The highest BCUT2D eigenvalue weighted by molar-refractivity contribution is 5.54. The zero-order valence-corrected chi connectivity index (χ0v) is 9.17. The van der Waals surface area contributed by atoms with E-state index in [4.69, 9.17) is 5.26 Å². The van der Waals surface area contributed by atoms with Crippen molar-refractivity contribution >= 4 is 11.5 Å². The van der Waals surface area contributed by atoms with E-state index in [0.717, 1.165) is 19.3 Å². The Morgan fingerprint density at radius 3 is 2.62 bits per heavy atom. The van der Waals surface area contributed by atoms with Gasteiger partial charge in [0, 0.05) is 19.2 Å². The lowest BCUT2D eigenvalue weighted by molar-refractivity contribution is -0.385. The van der Waals surface area contributed by atoms with Crippen LogP contribution in [-0.4, -0.2) is 23.0 Å². The lowest BCUT2D eigenvalue weighted by Gasteiger charge is -2.19. The molecule has 0 aliphatic rings. The molecule has 0 aromatic carbocycles. The summed E-state index contributed by atoms with van der Waals surface area (Å²) in [4.78, 5) is 15.9. The highest BCUT2D eigenvalue weighted by Gasteiger charge is 2.16. The van der Waals surface area contributed by atoms with Crippen molar-refractivity contribution in [1.29, 1.82) is 5.26 Å². The first kappa shape index (κ1) is 11.9. The molecule has 0 atom stereocenters. The van der Waals surface area contributed by atoms with Crippen LogP contribution < -0.4 is 4.90 Å². The molecule has 0 aliphatic heterocycles. The number of hydrogen-bond acceptors (Lipinski definition) is 5. The normalized spacial score (nSPS) is 9.56. The fourth-order valence-corrected chi connectivity index (χ4v) is 1.39. The van der Waals surface area contributed by atoms with Gasteiger partial charge in [0.2, 0.25) is 0 Å². The van der Waals surface area contributed by atoms with E-state index < -0.39 is 4.92 Å². The third-order valence-corrected chi connectivity index (χ3v) is 2.27. The van der Waals surface area contributed by atoms with Gasteiger partial charge in [-0.3, -0.25) is 10.1 Å². The largest absolute Gasteiger partial charge is 0.357 e. The van der Waals surface area contributed by atoms with Gasteiger partial charge in [-0.2, -0.15) is 5.26 Å². The second-order valence-corrected chi connectivity index (χ2v) is 3.10. The van der Waals surface area contributed by atoms with Crippen molar-refractivity contribution in [1.82, 2.24) is 4.98 Å². The molecule has 0 amide bonds. The Hall–Kier alpha value is -2.16. The number of nitrogens with zero attached hydrogens (tertiary/aromatic N) is 4. The molecule has 1 aromatic heterocycles. The minimum atomic E-state index is -0.600. The van der Waals surface area contributed by atoms with Crippen LogP contribution >= 0.6 is 0 Å². The lowest BCUT2D eigenvalue weighted by atomic mass is 10.2. The molecule has 0 N–H and O–H groups in total. The number of hydrogen-bond donors (Lipinski definition) is 0. The van der Waals surface area contributed by atoms with Crippen molar-refractivity contribution in [2.75, 3.05) is 18.0 Å². The van der Waals surface area contributed by atoms with Gasteiger partial charge < -0.3 is 4.90 Å². The van der Waals surface area contributed by atoms with Gasteiger partial charge in [0.15, 0.2) is 0 Å². The molecule has 0 fully saturated rings. The fraction of sp³-hybridized carbons (Fsp3) is 0.400. The van der Waals surface area contributed by atoms with Crippen molar-refractivity contribution in [2.45, 2.75) is 13.8 Å². The maximum atomic E-state index is 10.6. The molecule has 0 spiro atoms. The first-order valence-corrected chi connectivity index (χ1v) is 4.93. The van der Waals surface area contributed by atoms with Crippen molar-refractivity contribution in [2.24, 2.45) is 0 Å². The molecule has 1 heterocycles. The summed E-state index contributed by atoms with van der Waals surface area (Å²) in [6, 6.07) is 3.26. The predicted molar refractivity (Wildman–Crippen MR) is 59.2 cm³/mol. The maximum absolute atomic E-state index is 10.6.